The molecule has 1 aromatic heterocycles. The Kier molecular flexibility index (Phi) is 5.66. The smallest absolute Gasteiger partial charge is 0.138 e. The molecule has 0 aromatic carbocycles. The van der Waals surface area contributed by atoms with E-state index in [4.69, 9.17) is 0 Å². The van der Waals surface area contributed by atoms with E-state index in [0.717, 1.165) is 25.2 Å². The van der Waals surface area contributed by atoms with Crippen LogP contribution in [0.1, 0.15) is 19.2 Å². The molecule has 1 saturated heterocycles. The third-order valence-electron chi connectivity index (χ3n) is 3.81. The van der Waals surface area contributed by atoms with Crippen LogP contribution in [0.5, 0.6) is 0 Å². The van der Waals surface area contributed by atoms with Crippen molar-refractivity contribution < 1.29 is 0 Å². The molecule has 0 spiro atoms. The summed E-state index contributed by atoms with van der Waals surface area (Å²) in [4.78, 5) is 6.90. The summed E-state index contributed by atoms with van der Waals surface area (Å²) >= 11 is 2.05. The summed E-state index contributed by atoms with van der Waals surface area (Å²) in [5.41, 5.74) is 0. The lowest BCUT2D eigenvalue weighted by Crippen LogP contribution is -2.53. The molecular weight excluding hydrogens is 258 g/mol. The third kappa shape index (κ3) is 3.70. The first-order valence-corrected chi connectivity index (χ1v) is 8.23. The predicted molar refractivity (Wildman–Crippen MR) is 80.6 cm³/mol. The van der Waals surface area contributed by atoms with E-state index >= 15 is 0 Å². The number of thioether (sulfide) groups is 1. The van der Waals surface area contributed by atoms with Gasteiger partial charge in [0, 0.05) is 43.1 Å². The Morgan fingerprint density at radius 1 is 1.58 bits per heavy atom. The fourth-order valence-electron chi connectivity index (χ4n) is 2.60. The summed E-state index contributed by atoms with van der Waals surface area (Å²) in [5, 5.41) is 7.79. The fraction of sp³-hybridized carbons (Fsp3) is 0.846. The first-order valence-electron chi connectivity index (χ1n) is 7.08. The second-order valence-electron chi connectivity index (χ2n) is 5.12. The molecule has 5 nitrogen and oxygen atoms in total. The molecule has 19 heavy (non-hydrogen) atoms. The van der Waals surface area contributed by atoms with Crippen LogP contribution in [0, 0.1) is 0 Å². The fourth-order valence-corrected chi connectivity index (χ4v) is 3.91. The van der Waals surface area contributed by atoms with Crippen molar-refractivity contribution in [3.63, 3.8) is 0 Å². The lowest BCUT2D eigenvalue weighted by molar-refractivity contribution is 0.216. The van der Waals surface area contributed by atoms with Crippen LogP contribution in [0.3, 0.4) is 0 Å². The van der Waals surface area contributed by atoms with Crippen LogP contribution in [0.25, 0.3) is 0 Å². The molecule has 1 aliphatic rings. The molecule has 2 rings (SSSR count). The minimum atomic E-state index is 0.442. The molecule has 2 unspecified atom stereocenters. The number of aromatic nitrogens is 3. The topological polar surface area (TPSA) is 46.0 Å². The lowest BCUT2D eigenvalue weighted by Gasteiger charge is -2.37. The number of hydrogen-bond donors (Lipinski definition) is 1. The number of likely N-dealkylation sites (N-methyl/N-ethyl adjacent to an activating group) is 2. The van der Waals surface area contributed by atoms with Crippen LogP contribution in [-0.2, 0) is 13.0 Å². The molecule has 0 amide bonds. The molecule has 1 aliphatic heterocycles. The number of rotatable bonds is 6. The molecule has 1 fully saturated rings. The highest BCUT2D eigenvalue weighted by molar-refractivity contribution is 7.99. The van der Waals surface area contributed by atoms with Crippen molar-refractivity contribution in [3.05, 3.63) is 12.2 Å². The predicted octanol–water partition coefficient (Wildman–Crippen LogP) is 0.866. The van der Waals surface area contributed by atoms with Crippen LogP contribution < -0.4 is 5.32 Å². The van der Waals surface area contributed by atoms with Gasteiger partial charge in [-0.25, -0.2) is 4.98 Å². The van der Waals surface area contributed by atoms with Gasteiger partial charge >= 0.3 is 0 Å². The van der Waals surface area contributed by atoms with Crippen LogP contribution >= 0.6 is 11.8 Å². The number of hydrogen-bond acceptors (Lipinski definition) is 5. The average molecular weight is 283 g/mol. The van der Waals surface area contributed by atoms with Crippen LogP contribution in [0.15, 0.2) is 6.33 Å². The zero-order valence-electron chi connectivity index (χ0n) is 12.2. The van der Waals surface area contributed by atoms with Gasteiger partial charge in [-0.2, -0.15) is 16.9 Å². The second-order valence-corrected chi connectivity index (χ2v) is 6.27. The summed E-state index contributed by atoms with van der Waals surface area (Å²) in [6.45, 7) is 4.31. The van der Waals surface area contributed by atoms with Crippen molar-refractivity contribution in [2.75, 3.05) is 32.1 Å². The summed E-state index contributed by atoms with van der Waals surface area (Å²) in [6, 6.07) is 1.02. The monoisotopic (exact) mass is 283 g/mol. The molecule has 0 radical (unpaired) electrons. The van der Waals surface area contributed by atoms with E-state index in [1.54, 1.807) is 6.33 Å². The number of nitrogens with one attached hydrogen (secondary N) is 1. The van der Waals surface area contributed by atoms with Crippen LogP contribution in [-0.4, -0.2) is 63.9 Å². The second kappa shape index (κ2) is 7.26. The molecule has 108 valence electrons. The number of aryl methyl sites for hydroxylation is 1. The van der Waals surface area contributed by atoms with Gasteiger partial charge < -0.3 is 10.2 Å². The Labute approximate surface area is 120 Å². The first-order chi connectivity index (χ1) is 9.26. The van der Waals surface area contributed by atoms with Gasteiger partial charge in [0.1, 0.15) is 12.2 Å². The summed E-state index contributed by atoms with van der Waals surface area (Å²) in [5.74, 6) is 3.55. The summed E-state index contributed by atoms with van der Waals surface area (Å²) < 4.78 is 2.04. The van der Waals surface area contributed by atoms with E-state index in [1.165, 1.54) is 18.1 Å². The Morgan fingerprint density at radius 3 is 3.11 bits per heavy atom. The van der Waals surface area contributed by atoms with Crippen molar-refractivity contribution in [1.29, 1.82) is 0 Å². The van der Waals surface area contributed by atoms with Gasteiger partial charge in [0.2, 0.25) is 0 Å². The third-order valence-corrected chi connectivity index (χ3v) is 4.86. The Hall–Kier alpha value is -0.590. The molecule has 0 saturated carbocycles. The molecule has 0 bridgehead atoms. The summed E-state index contributed by atoms with van der Waals surface area (Å²) in [6.07, 6.45) is 3.73. The quantitative estimate of drug-likeness (QED) is 0.839. The molecule has 6 heteroatoms. The van der Waals surface area contributed by atoms with Gasteiger partial charge in [-0.15, -0.1) is 0 Å². The van der Waals surface area contributed by atoms with Crippen molar-refractivity contribution in [2.45, 2.75) is 38.4 Å². The SMILES string of the molecule is CCCn1ncnc1CC(NC)C1CSCCN1C. The summed E-state index contributed by atoms with van der Waals surface area (Å²) in [7, 11) is 4.28. The van der Waals surface area contributed by atoms with E-state index in [1.807, 2.05) is 4.68 Å². The Morgan fingerprint density at radius 2 is 2.42 bits per heavy atom. The minimum Gasteiger partial charge on any atom is -0.315 e. The van der Waals surface area contributed by atoms with Crippen molar-refractivity contribution in [3.8, 4) is 0 Å². The normalized spacial score (nSPS) is 22.6. The van der Waals surface area contributed by atoms with Crippen molar-refractivity contribution in [1.82, 2.24) is 25.0 Å². The van der Waals surface area contributed by atoms with Gasteiger partial charge in [-0.3, -0.25) is 4.68 Å². The van der Waals surface area contributed by atoms with E-state index < -0.39 is 0 Å². The van der Waals surface area contributed by atoms with Gasteiger partial charge in [0.05, 0.1) is 0 Å². The molecule has 1 N–H and O–H groups in total. The zero-order chi connectivity index (χ0) is 13.7. The first kappa shape index (κ1) is 14.8. The van der Waals surface area contributed by atoms with Gasteiger partial charge in [0.25, 0.3) is 0 Å². The Balaban J connectivity index is 2.03. The highest BCUT2D eigenvalue weighted by atomic mass is 32.2. The molecular formula is C13H25N5S. The van der Waals surface area contributed by atoms with E-state index in [-0.39, 0.29) is 0 Å². The molecule has 2 atom stereocenters. The number of nitrogens with zero attached hydrogens (tertiary/aromatic N) is 4. The standard InChI is InChI=1S/C13H25N5S/c1-4-5-18-13(15-10-16-18)8-11(14-2)12-9-19-7-6-17(12)3/h10-12,14H,4-9H2,1-3H3. The van der Waals surface area contributed by atoms with Gasteiger partial charge in [-0.05, 0) is 20.5 Å². The van der Waals surface area contributed by atoms with Crippen LogP contribution in [0.4, 0.5) is 0 Å². The zero-order valence-corrected chi connectivity index (χ0v) is 13.0. The maximum atomic E-state index is 4.43. The lowest BCUT2D eigenvalue weighted by atomic mass is 10.0. The van der Waals surface area contributed by atoms with Gasteiger partial charge in [-0.1, -0.05) is 6.92 Å². The average Bonchev–Trinajstić information content (AvgIpc) is 2.85. The highest BCUT2D eigenvalue weighted by Gasteiger charge is 2.28. The van der Waals surface area contributed by atoms with E-state index in [0.29, 0.717) is 12.1 Å². The maximum absolute atomic E-state index is 4.43. The largest absolute Gasteiger partial charge is 0.315 e. The highest BCUT2D eigenvalue weighted by Crippen LogP contribution is 2.19. The minimum absolute atomic E-state index is 0.442. The van der Waals surface area contributed by atoms with Gasteiger partial charge in [0.15, 0.2) is 0 Å². The van der Waals surface area contributed by atoms with E-state index in [2.05, 4.69) is 53.1 Å². The molecule has 0 aliphatic carbocycles. The van der Waals surface area contributed by atoms with Crippen LogP contribution in [0.2, 0.25) is 0 Å². The Bertz CT molecular complexity index is 381. The molecule has 2 heterocycles. The maximum Gasteiger partial charge on any atom is 0.138 e. The van der Waals surface area contributed by atoms with Crippen molar-refractivity contribution in [2.24, 2.45) is 0 Å². The van der Waals surface area contributed by atoms with E-state index in [9.17, 15) is 0 Å². The molecule has 1 aromatic rings. The van der Waals surface area contributed by atoms with Crippen molar-refractivity contribution >= 4 is 11.8 Å².